The van der Waals surface area contributed by atoms with Gasteiger partial charge in [-0.2, -0.15) is 10.5 Å². The normalized spacial score (nSPS) is 11.2. The van der Waals surface area contributed by atoms with E-state index in [4.69, 9.17) is 51.7 Å². The van der Waals surface area contributed by atoms with Gasteiger partial charge in [-0.15, -0.1) is 10.2 Å². The Morgan fingerprint density at radius 1 is 1.25 bits per heavy atom. The molecule has 1 aromatic heterocycles. The molecule has 1 heterocycles. The number of nitriles is 1. The summed E-state index contributed by atoms with van der Waals surface area (Å²) in [5.74, 6) is 0.141. The standard InChI is InChI=1S/C10H4Cl4N6/c11-5-1-6(8(13)9(14)7(5)12)16-3-4(2-15)10-17-19-20-18-10/h1,3,16H,(H,17,18,19,20). The Hall–Kier alpha value is -1.52. The molecule has 0 unspecified atom stereocenters. The summed E-state index contributed by atoms with van der Waals surface area (Å²) in [5, 5.41) is 25.5. The van der Waals surface area contributed by atoms with Gasteiger partial charge >= 0.3 is 0 Å². The number of aromatic nitrogens is 4. The van der Waals surface area contributed by atoms with Gasteiger partial charge in [0.05, 0.1) is 25.8 Å². The smallest absolute Gasteiger partial charge is 0.216 e. The van der Waals surface area contributed by atoms with Gasteiger partial charge in [0.1, 0.15) is 11.6 Å². The van der Waals surface area contributed by atoms with Gasteiger partial charge in [0.25, 0.3) is 0 Å². The zero-order valence-corrected chi connectivity index (χ0v) is 12.5. The van der Waals surface area contributed by atoms with E-state index < -0.39 is 0 Å². The molecule has 0 saturated heterocycles. The summed E-state index contributed by atoms with van der Waals surface area (Å²) in [6, 6.07) is 3.40. The molecule has 0 aliphatic heterocycles. The van der Waals surface area contributed by atoms with Crippen LogP contribution in [-0.4, -0.2) is 20.6 Å². The molecule has 0 aliphatic rings. The second-order valence-electron chi connectivity index (χ2n) is 3.40. The molecule has 0 amide bonds. The number of allylic oxidation sites excluding steroid dienone is 1. The third-order valence-electron chi connectivity index (χ3n) is 2.18. The van der Waals surface area contributed by atoms with Crippen LogP contribution < -0.4 is 5.32 Å². The number of aromatic amines is 1. The van der Waals surface area contributed by atoms with Crippen molar-refractivity contribution in [3.8, 4) is 6.07 Å². The first-order valence-corrected chi connectivity index (χ1v) is 6.49. The fourth-order valence-corrected chi connectivity index (χ4v) is 2.11. The predicted molar refractivity (Wildman–Crippen MR) is 77.9 cm³/mol. The van der Waals surface area contributed by atoms with Crippen LogP contribution in [0.2, 0.25) is 20.1 Å². The first-order valence-electron chi connectivity index (χ1n) is 4.98. The summed E-state index contributed by atoms with van der Waals surface area (Å²) in [7, 11) is 0. The van der Waals surface area contributed by atoms with Gasteiger partial charge in [-0.25, -0.2) is 0 Å². The first kappa shape index (κ1) is 14.9. The molecule has 0 bridgehead atoms. The van der Waals surface area contributed by atoms with E-state index in [9.17, 15) is 0 Å². The highest BCUT2D eigenvalue weighted by molar-refractivity contribution is 6.52. The lowest BCUT2D eigenvalue weighted by Crippen LogP contribution is -1.94. The van der Waals surface area contributed by atoms with Gasteiger partial charge in [0, 0.05) is 6.20 Å². The van der Waals surface area contributed by atoms with E-state index in [0.717, 1.165) is 0 Å². The van der Waals surface area contributed by atoms with Crippen LogP contribution in [0.3, 0.4) is 0 Å². The number of hydrogen-bond donors (Lipinski definition) is 2. The second-order valence-corrected chi connectivity index (χ2v) is 4.94. The first-order chi connectivity index (χ1) is 9.54. The predicted octanol–water partition coefficient (Wildman–Crippen LogP) is 3.79. The quantitative estimate of drug-likeness (QED) is 0.499. The maximum absolute atomic E-state index is 9.01. The summed E-state index contributed by atoms with van der Waals surface area (Å²) in [4.78, 5) is 0. The van der Waals surface area contributed by atoms with Gasteiger partial charge in [0.2, 0.25) is 5.82 Å². The van der Waals surface area contributed by atoms with Crippen molar-refractivity contribution in [1.82, 2.24) is 20.6 Å². The van der Waals surface area contributed by atoms with E-state index >= 15 is 0 Å². The minimum absolute atomic E-state index is 0.120. The number of tetrazole rings is 1. The summed E-state index contributed by atoms with van der Waals surface area (Å²) in [6.07, 6.45) is 1.35. The van der Waals surface area contributed by atoms with E-state index in [1.54, 1.807) is 0 Å². The summed E-state index contributed by atoms with van der Waals surface area (Å²) in [6.45, 7) is 0. The fraction of sp³-hybridized carbons (Fsp3) is 0. The third kappa shape index (κ3) is 2.97. The van der Waals surface area contributed by atoms with Crippen LogP contribution in [0.15, 0.2) is 12.3 Å². The van der Waals surface area contributed by atoms with Gasteiger partial charge < -0.3 is 5.32 Å². The Labute approximate surface area is 133 Å². The molecule has 2 N–H and O–H groups in total. The number of anilines is 1. The van der Waals surface area contributed by atoms with E-state index in [1.165, 1.54) is 12.3 Å². The van der Waals surface area contributed by atoms with Crippen LogP contribution >= 0.6 is 46.4 Å². The monoisotopic (exact) mass is 348 g/mol. The van der Waals surface area contributed by atoms with Crippen molar-refractivity contribution in [3.05, 3.63) is 38.2 Å². The molecule has 102 valence electrons. The Morgan fingerprint density at radius 2 is 2.00 bits per heavy atom. The molecule has 2 aromatic rings. The largest absolute Gasteiger partial charge is 0.359 e. The molecule has 20 heavy (non-hydrogen) atoms. The zero-order chi connectivity index (χ0) is 14.7. The van der Waals surface area contributed by atoms with Crippen molar-refractivity contribution in [2.24, 2.45) is 0 Å². The Bertz CT molecular complexity index is 704. The second kappa shape index (κ2) is 6.29. The minimum Gasteiger partial charge on any atom is -0.359 e. The van der Waals surface area contributed by atoms with Gasteiger partial charge in [-0.3, -0.25) is 0 Å². The van der Waals surface area contributed by atoms with Crippen molar-refractivity contribution in [1.29, 1.82) is 5.26 Å². The third-order valence-corrected chi connectivity index (χ3v) is 3.93. The Balaban J connectivity index is 2.34. The Morgan fingerprint density at radius 3 is 2.60 bits per heavy atom. The van der Waals surface area contributed by atoms with Crippen molar-refractivity contribution in [3.63, 3.8) is 0 Å². The number of hydrogen-bond acceptors (Lipinski definition) is 5. The van der Waals surface area contributed by atoms with Crippen LogP contribution in [0.5, 0.6) is 0 Å². The maximum Gasteiger partial charge on any atom is 0.216 e. The van der Waals surface area contributed by atoms with Crippen molar-refractivity contribution in [2.45, 2.75) is 0 Å². The zero-order valence-electron chi connectivity index (χ0n) is 9.46. The molecule has 6 nitrogen and oxygen atoms in total. The lowest BCUT2D eigenvalue weighted by atomic mass is 10.3. The molecule has 0 spiro atoms. The number of halogens is 4. The number of H-pyrrole nitrogens is 1. The molecule has 0 radical (unpaired) electrons. The molecule has 10 heteroatoms. The van der Waals surface area contributed by atoms with Crippen LogP contribution in [0.1, 0.15) is 5.82 Å². The number of benzene rings is 1. The highest BCUT2D eigenvalue weighted by Gasteiger charge is 2.13. The SMILES string of the molecule is N#CC(=CNc1cc(Cl)c(Cl)c(Cl)c1Cl)c1nn[nH]n1. The van der Waals surface area contributed by atoms with Gasteiger partial charge in [0.15, 0.2) is 0 Å². The summed E-state index contributed by atoms with van der Waals surface area (Å²) in [5.41, 5.74) is 0.541. The van der Waals surface area contributed by atoms with Gasteiger partial charge in [-0.1, -0.05) is 46.4 Å². The van der Waals surface area contributed by atoms with Crippen LogP contribution in [0.25, 0.3) is 5.57 Å². The average Bonchev–Trinajstić information content (AvgIpc) is 2.96. The highest BCUT2D eigenvalue weighted by atomic mass is 35.5. The lowest BCUT2D eigenvalue weighted by Gasteiger charge is -2.08. The van der Waals surface area contributed by atoms with Gasteiger partial charge in [-0.05, 0) is 11.3 Å². The van der Waals surface area contributed by atoms with Crippen molar-refractivity contribution < 1.29 is 0 Å². The fourth-order valence-electron chi connectivity index (χ4n) is 1.25. The average molecular weight is 350 g/mol. The van der Waals surface area contributed by atoms with Crippen LogP contribution in [0, 0.1) is 11.3 Å². The molecular weight excluding hydrogens is 346 g/mol. The van der Waals surface area contributed by atoms with Crippen LogP contribution in [0.4, 0.5) is 5.69 Å². The van der Waals surface area contributed by atoms with Crippen molar-refractivity contribution >= 4 is 57.7 Å². The highest BCUT2D eigenvalue weighted by Crippen LogP contribution is 2.40. The molecule has 0 fully saturated rings. The van der Waals surface area contributed by atoms with E-state index in [1.807, 2.05) is 6.07 Å². The molecular formula is C10H4Cl4N6. The molecule has 2 rings (SSSR count). The molecule has 0 aliphatic carbocycles. The van der Waals surface area contributed by atoms with Crippen molar-refractivity contribution in [2.75, 3.05) is 5.32 Å². The van der Waals surface area contributed by atoms with E-state index in [-0.39, 0.29) is 31.5 Å². The van der Waals surface area contributed by atoms with E-state index in [2.05, 4.69) is 25.9 Å². The topological polar surface area (TPSA) is 90.3 Å². The van der Waals surface area contributed by atoms with Crippen LogP contribution in [-0.2, 0) is 0 Å². The maximum atomic E-state index is 9.01. The number of rotatable bonds is 3. The minimum atomic E-state index is 0.120. The molecule has 1 aromatic carbocycles. The molecule has 0 atom stereocenters. The number of nitrogens with one attached hydrogen (secondary N) is 2. The summed E-state index contributed by atoms with van der Waals surface area (Å²) >= 11 is 23.7. The lowest BCUT2D eigenvalue weighted by molar-refractivity contribution is 0.881. The van der Waals surface area contributed by atoms with E-state index in [0.29, 0.717) is 5.69 Å². The summed E-state index contributed by atoms with van der Waals surface area (Å²) < 4.78 is 0. The Kier molecular flexibility index (Phi) is 4.68. The number of nitrogens with zero attached hydrogens (tertiary/aromatic N) is 4. The molecule has 0 saturated carbocycles.